The van der Waals surface area contributed by atoms with Gasteiger partial charge in [-0.2, -0.15) is 11.8 Å². The molecule has 2 aliphatic heterocycles. The molecule has 1 aromatic carbocycles. The molecule has 104 valence electrons. The van der Waals surface area contributed by atoms with Crippen molar-refractivity contribution >= 4 is 11.8 Å². The lowest BCUT2D eigenvalue weighted by atomic mass is 10.2. The van der Waals surface area contributed by atoms with E-state index in [0.29, 0.717) is 0 Å². The first-order valence-electron chi connectivity index (χ1n) is 7.13. The molecule has 2 aliphatic rings. The van der Waals surface area contributed by atoms with Crippen molar-refractivity contribution in [3.63, 3.8) is 0 Å². The van der Waals surface area contributed by atoms with Gasteiger partial charge < -0.3 is 14.8 Å². The number of benzene rings is 1. The van der Waals surface area contributed by atoms with Crippen LogP contribution in [0.25, 0.3) is 0 Å². The molecule has 3 nitrogen and oxygen atoms in total. The molecule has 1 aromatic rings. The van der Waals surface area contributed by atoms with Gasteiger partial charge in [0.15, 0.2) is 11.5 Å². The molecule has 0 aliphatic carbocycles. The number of rotatable bonds is 4. The summed E-state index contributed by atoms with van der Waals surface area (Å²) in [5.74, 6) is 3.11. The number of nitrogens with one attached hydrogen (secondary N) is 1. The molecule has 0 amide bonds. The molecule has 0 spiro atoms. The van der Waals surface area contributed by atoms with Gasteiger partial charge in [-0.3, -0.25) is 0 Å². The molecule has 1 N–H and O–H groups in total. The summed E-state index contributed by atoms with van der Waals surface area (Å²) in [6, 6.07) is 6.26. The van der Waals surface area contributed by atoms with Gasteiger partial charge in [-0.25, -0.2) is 0 Å². The zero-order valence-corrected chi connectivity index (χ0v) is 12.0. The molecule has 1 fully saturated rings. The first-order valence-corrected chi connectivity index (χ1v) is 8.17. The summed E-state index contributed by atoms with van der Waals surface area (Å²) in [6.07, 6.45) is 3.70. The number of fused-ring (bicyclic) bond motifs is 1. The normalized spacial score (nSPS) is 22.2. The lowest BCUT2D eigenvalue weighted by molar-refractivity contribution is 0.297. The van der Waals surface area contributed by atoms with E-state index in [1.54, 1.807) is 0 Å². The topological polar surface area (TPSA) is 30.5 Å². The van der Waals surface area contributed by atoms with Crippen LogP contribution in [0, 0.1) is 0 Å². The molecule has 0 saturated carbocycles. The SMILES string of the molecule is c1cc2c(cc1CNCC1CCCS1)OCCCO2. The minimum Gasteiger partial charge on any atom is -0.490 e. The Bertz CT molecular complexity index is 419. The van der Waals surface area contributed by atoms with Crippen molar-refractivity contribution in [2.45, 2.75) is 31.1 Å². The van der Waals surface area contributed by atoms with Crippen LogP contribution in [0.1, 0.15) is 24.8 Å². The zero-order chi connectivity index (χ0) is 12.9. The Balaban J connectivity index is 1.54. The van der Waals surface area contributed by atoms with Crippen molar-refractivity contribution in [3.8, 4) is 11.5 Å². The Morgan fingerprint density at radius 3 is 2.89 bits per heavy atom. The maximum atomic E-state index is 5.71. The Kier molecular flexibility index (Phi) is 4.51. The van der Waals surface area contributed by atoms with Crippen LogP contribution in [0.3, 0.4) is 0 Å². The summed E-state index contributed by atoms with van der Waals surface area (Å²) in [7, 11) is 0. The molecular weight excluding hydrogens is 258 g/mol. The van der Waals surface area contributed by atoms with Crippen LogP contribution in [-0.2, 0) is 6.54 Å². The van der Waals surface area contributed by atoms with Crippen LogP contribution in [0.2, 0.25) is 0 Å². The second-order valence-corrected chi connectivity index (χ2v) is 6.51. The van der Waals surface area contributed by atoms with Crippen molar-refractivity contribution in [1.29, 1.82) is 0 Å². The third-order valence-electron chi connectivity index (χ3n) is 3.54. The molecule has 1 atom stereocenters. The van der Waals surface area contributed by atoms with Crippen LogP contribution in [0.4, 0.5) is 0 Å². The quantitative estimate of drug-likeness (QED) is 0.918. The van der Waals surface area contributed by atoms with Gasteiger partial charge in [-0.1, -0.05) is 6.07 Å². The second-order valence-electron chi connectivity index (χ2n) is 5.10. The van der Waals surface area contributed by atoms with E-state index >= 15 is 0 Å². The van der Waals surface area contributed by atoms with Crippen molar-refractivity contribution in [2.75, 3.05) is 25.5 Å². The van der Waals surface area contributed by atoms with Gasteiger partial charge in [-0.15, -0.1) is 0 Å². The van der Waals surface area contributed by atoms with E-state index in [-0.39, 0.29) is 0 Å². The number of ether oxygens (including phenoxy) is 2. The minimum absolute atomic E-state index is 0.753. The van der Waals surface area contributed by atoms with Crippen LogP contribution < -0.4 is 14.8 Å². The maximum Gasteiger partial charge on any atom is 0.161 e. The Morgan fingerprint density at radius 1 is 1.16 bits per heavy atom. The van der Waals surface area contributed by atoms with Crippen molar-refractivity contribution < 1.29 is 9.47 Å². The average molecular weight is 279 g/mol. The van der Waals surface area contributed by atoms with Crippen LogP contribution in [0.5, 0.6) is 11.5 Å². The van der Waals surface area contributed by atoms with E-state index in [1.165, 1.54) is 24.2 Å². The van der Waals surface area contributed by atoms with Gasteiger partial charge >= 0.3 is 0 Å². The summed E-state index contributed by atoms with van der Waals surface area (Å²) >= 11 is 2.10. The monoisotopic (exact) mass is 279 g/mol. The van der Waals surface area contributed by atoms with Crippen molar-refractivity contribution in [3.05, 3.63) is 23.8 Å². The van der Waals surface area contributed by atoms with E-state index in [9.17, 15) is 0 Å². The first kappa shape index (κ1) is 13.1. The van der Waals surface area contributed by atoms with Crippen LogP contribution >= 0.6 is 11.8 Å². The van der Waals surface area contributed by atoms with Crippen molar-refractivity contribution in [1.82, 2.24) is 5.32 Å². The molecule has 4 heteroatoms. The Hall–Kier alpha value is -0.870. The highest BCUT2D eigenvalue weighted by Gasteiger charge is 2.15. The molecule has 19 heavy (non-hydrogen) atoms. The summed E-state index contributed by atoms with van der Waals surface area (Å²) in [5.41, 5.74) is 1.27. The third kappa shape index (κ3) is 3.57. The lowest BCUT2D eigenvalue weighted by Crippen LogP contribution is -2.22. The van der Waals surface area contributed by atoms with Gasteiger partial charge in [0.05, 0.1) is 13.2 Å². The number of hydrogen-bond acceptors (Lipinski definition) is 4. The molecule has 1 unspecified atom stereocenters. The molecule has 3 rings (SSSR count). The largest absolute Gasteiger partial charge is 0.490 e. The molecular formula is C15H21NO2S. The number of thioether (sulfide) groups is 1. The van der Waals surface area contributed by atoms with Gasteiger partial charge in [0.1, 0.15) is 0 Å². The fourth-order valence-corrected chi connectivity index (χ4v) is 3.74. The minimum atomic E-state index is 0.753. The standard InChI is InChI=1S/C15H21NO2S/c1-3-13(19-8-1)11-16-10-12-4-5-14-15(9-12)18-7-2-6-17-14/h4-5,9,13,16H,1-3,6-8,10-11H2. The van der Waals surface area contributed by atoms with Gasteiger partial charge in [0.2, 0.25) is 0 Å². The molecule has 1 saturated heterocycles. The van der Waals surface area contributed by atoms with Crippen molar-refractivity contribution in [2.24, 2.45) is 0 Å². The Labute approximate surface area is 119 Å². The molecule has 0 aromatic heterocycles. The highest BCUT2D eigenvalue weighted by atomic mass is 32.2. The third-order valence-corrected chi connectivity index (χ3v) is 4.94. The maximum absolute atomic E-state index is 5.71. The fourth-order valence-electron chi connectivity index (χ4n) is 2.50. The van der Waals surface area contributed by atoms with Gasteiger partial charge in [0, 0.05) is 24.8 Å². The molecule has 2 heterocycles. The fraction of sp³-hybridized carbons (Fsp3) is 0.600. The Morgan fingerprint density at radius 2 is 2.05 bits per heavy atom. The summed E-state index contributed by atoms with van der Waals surface area (Å²) in [5, 5.41) is 4.35. The molecule has 0 radical (unpaired) electrons. The van der Waals surface area contributed by atoms with Gasteiger partial charge in [-0.05, 0) is 36.3 Å². The summed E-state index contributed by atoms with van der Waals surface area (Å²) < 4.78 is 11.4. The number of hydrogen-bond donors (Lipinski definition) is 1. The highest BCUT2D eigenvalue weighted by Crippen LogP contribution is 2.30. The van der Waals surface area contributed by atoms with E-state index < -0.39 is 0 Å². The summed E-state index contributed by atoms with van der Waals surface area (Å²) in [6.45, 7) is 3.53. The smallest absolute Gasteiger partial charge is 0.161 e. The van der Waals surface area contributed by atoms with E-state index in [0.717, 1.165) is 49.5 Å². The van der Waals surface area contributed by atoms with Crippen LogP contribution in [0.15, 0.2) is 18.2 Å². The second kappa shape index (κ2) is 6.53. The van der Waals surface area contributed by atoms with E-state index in [4.69, 9.17) is 9.47 Å². The predicted octanol–water partition coefficient (Wildman–Crippen LogP) is 2.83. The highest BCUT2D eigenvalue weighted by molar-refractivity contribution is 8.00. The predicted molar refractivity (Wildman–Crippen MR) is 79.2 cm³/mol. The summed E-state index contributed by atoms with van der Waals surface area (Å²) in [4.78, 5) is 0. The van der Waals surface area contributed by atoms with E-state index in [2.05, 4.69) is 29.2 Å². The average Bonchev–Trinajstić information content (AvgIpc) is 2.83. The van der Waals surface area contributed by atoms with Gasteiger partial charge in [0.25, 0.3) is 0 Å². The lowest BCUT2D eigenvalue weighted by Gasteiger charge is -2.12. The zero-order valence-electron chi connectivity index (χ0n) is 11.2. The first-order chi connectivity index (χ1) is 9.42. The van der Waals surface area contributed by atoms with Crippen LogP contribution in [-0.4, -0.2) is 30.8 Å². The van der Waals surface area contributed by atoms with E-state index in [1.807, 2.05) is 6.07 Å². The molecule has 0 bridgehead atoms.